The van der Waals surface area contributed by atoms with Gasteiger partial charge in [0.15, 0.2) is 0 Å². The molecule has 2 aliphatic rings. The maximum absolute atomic E-state index is 12.1. The predicted octanol–water partition coefficient (Wildman–Crippen LogP) is 0.514. The molecular formula is C13H26ClN3O3S. The van der Waals surface area contributed by atoms with E-state index in [1.54, 1.807) is 0 Å². The third-order valence-corrected chi connectivity index (χ3v) is 5.23. The molecule has 8 heteroatoms. The first kappa shape index (κ1) is 18.7. The number of nitrogens with two attached hydrogens (primary N) is 1. The molecule has 21 heavy (non-hydrogen) atoms. The Balaban J connectivity index is 0.00000220. The lowest BCUT2D eigenvalue weighted by atomic mass is 9.97. The van der Waals surface area contributed by atoms with Crippen molar-refractivity contribution < 1.29 is 13.2 Å². The zero-order chi connectivity index (χ0) is 14.8. The van der Waals surface area contributed by atoms with Gasteiger partial charge in [0.2, 0.25) is 15.9 Å². The summed E-state index contributed by atoms with van der Waals surface area (Å²) in [6, 6.07) is -0.0670. The van der Waals surface area contributed by atoms with E-state index in [0.29, 0.717) is 6.54 Å². The molecule has 0 heterocycles. The average molecular weight is 340 g/mol. The second-order valence-corrected chi connectivity index (χ2v) is 8.04. The monoisotopic (exact) mass is 339 g/mol. The highest BCUT2D eigenvalue weighted by Gasteiger charge is 2.38. The third-order valence-electron chi connectivity index (χ3n) is 4.50. The number of sulfonamides is 1. The van der Waals surface area contributed by atoms with Crippen LogP contribution in [0, 0.1) is 5.92 Å². The highest BCUT2D eigenvalue weighted by atomic mass is 35.5. The summed E-state index contributed by atoms with van der Waals surface area (Å²) in [7, 11) is -3.19. The van der Waals surface area contributed by atoms with Crippen molar-refractivity contribution in [2.45, 2.75) is 56.5 Å². The molecule has 2 unspecified atom stereocenters. The SMILES string of the molecule is CS(=O)(=O)NC1CCCC1CNC(=O)C1(N)CCCC1.Cl. The van der Waals surface area contributed by atoms with Gasteiger partial charge in [0.25, 0.3) is 0 Å². The molecular weight excluding hydrogens is 314 g/mol. The Hall–Kier alpha value is -0.370. The number of hydrogen-bond acceptors (Lipinski definition) is 4. The fourth-order valence-electron chi connectivity index (χ4n) is 3.34. The Morgan fingerprint density at radius 1 is 1.24 bits per heavy atom. The Labute approximate surface area is 133 Å². The van der Waals surface area contributed by atoms with Crippen molar-refractivity contribution in [3.63, 3.8) is 0 Å². The zero-order valence-corrected chi connectivity index (χ0v) is 14.1. The molecule has 2 aliphatic carbocycles. The molecule has 6 nitrogen and oxygen atoms in total. The van der Waals surface area contributed by atoms with Crippen molar-refractivity contribution in [2.75, 3.05) is 12.8 Å². The first-order valence-electron chi connectivity index (χ1n) is 7.35. The molecule has 2 atom stereocenters. The van der Waals surface area contributed by atoms with Crippen LogP contribution in [0.5, 0.6) is 0 Å². The van der Waals surface area contributed by atoms with E-state index < -0.39 is 15.6 Å². The van der Waals surface area contributed by atoms with Crippen molar-refractivity contribution in [3.8, 4) is 0 Å². The Bertz CT molecular complexity index is 463. The van der Waals surface area contributed by atoms with Crippen LogP contribution in [-0.2, 0) is 14.8 Å². The van der Waals surface area contributed by atoms with Crippen molar-refractivity contribution in [1.29, 1.82) is 0 Å². The minimum atomic E-state index is -3.19. The lowest BCUT2D eigenvalue weighted by Crippen LogP contribution is -2.53. The van der Waals surface area contributed by atoms with Crippen LogP contribution in [0.2, 0.25) is 0 Å². The van der Waals surface area contributed by atoms with E-state index in [4.69, 9.17) is 5.73 Å². The molecule has 1 amide bonds. The van der Waals surface area contributed by atoms with E-state index in [1.807, 2.05) is 0 Å². The van der Waals surface area contributed by atoms with Gasteiger partial charge >= 0.3 is 0 Å². The van der Waals surface area contributed by atoms with Crippen molar-refractivity contribution in [2.24, 2.45) is 11.7 Å². The molecule has 124 valence electrons. The van der Waals surface area contributed by atoms with Crippen molar-refractivity contribution in [3.05, 3.63) is 0 Å². The Morgan fingerprint density at radius 3 is 2.43 bits per heavy atom. The highest BCUT2D eigenvalue weighted by molar-refractivity contribution is 7.88. The van der Waals surface area contributed by atoms with Gasteiger partial charge in [-0.2, -0.15) is 0 Å². The summed E-state index contributed by atoms with van der Waals surface area (Å²) in [5, 5.41) is 2.92. The smallest absolute Gasteiger partial charge is 0.240 e. The fourth-order valence-corrected chi connectivity index (χ4v) is 4.20. The van der Waals surface area contributed by atoms with E-state index >= 15 is 0 Å². The van der Waals surface area contributed by atoms with Crippen molar-refractivity contribution >= 4 is 28.3 Å². The number of hydrogen-bond donors (Lipinski definition) is 3. The van der Waals surface area contributed by atoms with Gasteiger partial charge in [0, 0.05) is 12.6 Å². The van der Waals surface area contributed by atoms with Gasteiger partial charge in [-0.3, -0.25) is 4.79 Å². The van der Waals surface area contributed by atoms with Gasteiger partial charge in [0.1, 0.15) is 0 Å². The summed E-state index contributed by atoms with van der Waals surface area (Å²) < 4.78 is 25.3. The van der Waals surface area contributed by atoms with Gasteiger partial charge in [0.05, 0.1) is 11.8 Å². The quantitative estimate of drug-likeness (QED) is 0.679. The molecule has 2 rings (SSSR count). The summed E-state index contributed by atoms with van der Waals surface area (Å²) in [4.78, 5) is 12.1. The fraction of sp³-hybridized carbons (Fsp3) is 0.923. The van der Waals surface area contributed by atoms with Crippen LogP contribution in [0.4, 0.5) is 0 Å². The second kappa shape index (κ2) is 7.26. The Morgan fingerprint density at radius 2 is 1.86 bits per heavy atom. The molecule has 0 aromatic heterocycles. The predicted molar refractivity (Wildman–Crippen MR) is 84.8 cm³/mol. The van der Waals surface area contributed by atoms with Crippen LogP contribution in [0.3, 0.4) is 0 Å². The van der Waals surface area contributed by atoms with E-state index in [-0.39, 0.29) is 30.3 Å². The molecule has 0 bridgehead atoms. The van der Waals surface area contributed by atoms with E-state index in [2.05, 4.69) is 10.0 Å². The van der Waals surface area contributed by atoms with Crippen LogP contribution in [-0.4, -0.2) is 38.7 Å². The average Bonchev–Trinajstić information content (AvgIpc) is 2.94. The summed E-state index contributed by atoms with van der Waals surface area (Å²) in [5.74, 6) is 0.0821. The minimum Gasteiger partial charge on any atom is -0.354 e. The number of halogens is 1. The van der Waals surface area contributed by atoms with E-state index in [1.165, 1.54) is 6.26 Å². The molecule has 0 saturated heterocycles. The molecule has 0 aromatic carbocycles. The first-order valence-corrected chi connectivity index (χ1v) is 9.24. The molecule has 0 radical (unpaired) electrons. The number of carbonyl (C=O) groups excluding carboxylic acids is 1. The van der Waals surface area contributed by atoms with Crippen LogP contribution in [0.15, 0.2) is 0 Å². The number of amides is 1. The van der Waals surface area contributed by atoms with Crippen LogP contribution < -0.4 is 15.8 Å². The minimum absolute atomic E-state index is 0. The van der Waals surface area contributed by atoms with Crippen LogP contribution >= 0.6 is 12.4 Å². The molecule has 0 aliphatic heterocycles. The molecule has 0 aromatic rings. The van der Waals surface area contributed by atoms with E-state index in [0.717, 1.165) is 44.9 Å². The van der Waals surface area contributed by atoms with Crippen molar-refractivity contribution in [1.82, 2.24) is 10.0 Å². The summed E-state index contributed by atoms with van der Waals surface area (Å²) in [5.41, 5.74) is 5.39. The standard InChI is InChI=1S/C13H25N3O3S.ClH/c1-20(18,19)16-11-6-4-5-10(11)9-15-12(17)13(14)7-2-3-8-13;/h10-11,16H,2-9,14H2,1H3,(H,15,17);1H. The number of carbonyl (C=O) groups is 1. The first-order chi connectivity index (χ1) is 9.30. The van der Waals surface area contributed by atoms with E-state index in [9.17, 15) is 13.2 Å². The van der Waals surface area contributed by atoms with Gasteiger partial charge in [-0.25, -0.2) is 13.1 Å². The number of rotatable bonds is 5. The summed E-state index contributed by atoms with van der Waals surface area (Å²) in [6.07, 6.45) is 7.43. The van der Waals surface area contributed by atoms with Gasteiger partial charge in [-0.05, 0) is 31.6 Å². The number of nitrogens with one attached hydrogen (secondary N) is 2. The molecule has 0 spiro atoms. The molecule has 4 N–H and O–H groups in total. The second-order valence-electron chi connectivity index (χ2n) is 6.26. The summed E-state index contributed by atoms with van der Waals surface area (Å²) >= 11 is 0. The normalized spacial score (nSPS) is 28.1. The van der Waals surface area contributed by atoms with Gasteiger partial charge in [-0.15, -0.1) is 12.4 Å². The zero-order valence-electron chi connectivity index (χ0n) is 12.4. The van der Waals surface area contributed by atoms with Gasteiger partial charge in [-0.1, -0.05) is 19.3 Å². The molecule has 2 saturated carbocycles. The summed E-state index contributed by atoms with van der Waals surface area (Å²) in [6.45, 7) is 0.505. The Kier molecular flexibility index (Phi) is 6.46. The lowest BCUT2D eigenvalue weighted by Gasteiger charge is -2.25. The molecule has 2 fully saturated rings. The maximum Gasteiger partial charge on any atom is 0.240 e. The van der Waals surface area contributed by atoms with Gasteiger partial charge < -0.3 is 11.1 Å². The van der Waals surface area contributed by atoms with Crippen LogP contribution in [0.25, 0.3) is 0 Å². The van der Waals surface area contributed by atoms with Crippen LogP contribution in [0.1, 0.15) is 44.9 Å². The largest absolute Gasteiger partial charge is 0.354 e. The lowest BCUT2D eigenvalue weighted by molar-refractivity contribution is -0.126. The highest BCUT2D eigenvalue weighted by Crippen LogP contribution is 2.28. The third kappa shape index (κ3) is 5.09. The topological polar surface area (TPSA) is 101 Å². The maximum atomic E-state index is 12.1.